The summed E-state index contributed by atoms with van der Waals surface area (Å²) in [6.45, 7) is 0. The molecule has 3 nitrogen and oxygen atoms in total. The molecule has 0 radical (unpaired) electrons. The highest BCUT2D eigenvalue weighted by Crippen LogP contribution is 2.21. The van der Waals surface area contributed by atoms with Gasteiger partial charge in [0.1, 0.15) is 0 Å². The zero-order valence-electron chi connectivity index (χ0n) is 9.32. The van der Waals surface area contributed by atoms with Crippen molar-refractivity contribution in [1.82, 2.24) is 14.5 Å². The fraction of sp³-hybridized carbons (Fsp3) is 0. The van der Waals surface area contributed by atoms with Crippen molar-refractivity contribution in [1.29, 1.82) is 0 Å². The van der Waals surface area contributed by atoms with Gasteiger partial charge >= 0.3 is 0 Å². The molecule has 2 heterocycles. The van der Waals surface area contributed by atoms with Crippen molar-refractivity contribution in [2.75, 3.05) is 0 Å². The molecular formula is C12H6F3N3S. The van der Waals surface area contributed by atoms with Crippen molar-refractivity contribution >= 4 is 23.4 Å². The first-order valence-corrected chi connectivity index (χ1v) is 5.69. The van der Waals surface area contributed by atoms with Gasteiger partial charge in [-0.15, -0.1) is 0 Å². The van der Waals surface area contributed by atoms with Crippen molar-refractivity contribution in [3.63, 3.8) is 0 Å². The van der Waals surface area contributed by atoms with E-state index >= 15 is 0 Å². The predicted molar refractivity (Wildman–Crippen MR) is 66.1 cm³/mol. The maximum atomic E-state index is 13.3. The Hall–Kier alpha value is -2.15. The number of H-pyrrole nitrogens is 1. The van der Waals surface area contributed by atoms with Gasteiger partial charge in [0.25, 0.3) is 0 Å². The van der Waals surface area contributed by atoms with E-state index in [9.17, 15) is 13.2 Å². The molecule has 1 aromatic carbocycles. The number of fused-ring (bicyclic) bond motifs is 1. The van der Waals surface area contributed by atoms with E-state index in [2.05, 4.69) is 9.97 Å². The Morgan fingerprint density at radius 1 is 1.16 bits per heavy atom. The van der Waals surface area contributed by atoms with Gasteiger partial charge in [0.15, 0.2) is 27.9 Å². The van der Waals surface area contributed by atoms with Gasteiger partial charge in [-0.3, -0.25) is 4.57 Å². The maximum absolute atomic E-state index is 13.3. The second-order valence-corrected chi connectivity index (χ2v) is 4.25. The summed E-state index contributed by atoms with van der Waals surface area (Å²) in [5.41, 5.74) is 1.11. The fourth-order valence-electron chi connectivity index (χ4n) is 1.85. The second-order valence-electron chi connectivity index (χ2n) is 3.86. The number of aromatic amines is 1. The quantitative estimate of drug-likeness (QED) is 0.547. The third-order valence-electron chi connectivity index (χ3n) is 2.67. The first-order chi connectivity index (χ1) is 9.08. The van der Waals surface area contributed by atoms with Crippen LogP contribution in [-0.2, 0) is 0 Å². The van der Waals surface area contributed by atoms with Crippen LogP contribution in [0.3, 0.4) is 0 Å². The van der Waals surface area contributed by atoms with Crippen LogP contribution < -0.4 is 0 Å². The first kappa shape index (κ1) is 11.9. The molecular weight excluding hydrogens is 275 g/mol. The van der Waals surface area contributed by atoms with Crippen molar-refractivity contribution in [2.45, 2.75) is 0 Å². The summed E-state index contributed by atoms with van der Waals surface area (Å²) in [5, 5.41) is 0. The molecule has 0 bridgehead atoms. The highest BCUT2D eigenvalue weighted by atomic mass is 32.1. The minimum absolute atomic E-state index is 0.0753. The lowest BCUT2D eigenvalue weighted by atomic mass is 10.3. The van der Waals surface area contributed by atoms with Gasteiger partial charge in [0.05, 0.1) is 11.2 Å². The van der Waals surface area contributed by atoms with Crippen LogP contribution in [0.25, 0.3) is 16.9 Å². The zero-order valence-corrected chi connectivity index (χ0v) is 10.1. The molecule has 0 aliphatic rings. The molecule has 0 unspecified atom stereocenters. The average Bonchev–Trinajstić information content (AvgIpc) is 2.71. The molecule has 0 saturated carbocycles. The van der Waals surface area contributed by atoms with E-state index in [1.807, 2.05) is 0 Å². The Morgan fingerprint density at radius 3 is 2.53 bits per heavy atom. The van der Waals surface area contributed by atoms with E-state index in [1.54, 1.807) is 12.1 Å². The van der Waals surface area contributed by atoms with Crippen LogP contribution in [0.15, 0.2) is 30.5 Å². The molecule has 7 heteroatoms. The summed E-state index contributed by atoms with van der Waals surface area (Å²) in [7, 11) is 0. The standard InChI is InChI=1S/C12H6F3N3S/c13-7-4-6(5-8(14)10(7)15)18-11-9(17-12(18)19)2-1-3-16-11/h1-5H,(H,17,19). The molecule has 0 aliphatic heterocycles. The summed E-state index contributed by atoms with van der Waals surface area (Å²) in [6.07, 6.45) is 1.53. The molecule has 19 heavy (non-hydrogen) atoms. The number of halogens is 3. The highest BCUT2D eigenvalue weighted by molar-refractivity contribution is 7.71. The lowest BCUT2D eigenvalue weighted by Crippen LogP contribution is -2.00. The second kappa shape index (κ2) is 4.20. The molecule has 3 rings (SSSR count). The van der Waals surface area contributed by atoms with Crippen molar-refractivity contribution in [2.24, 2.45) is 0 Å². The summed E-state index contributed by atoms with van der Waals surface area (Å²) < 4.78 is 41.1. The Balaban J connectivity index is 2.36. The molecule has 0 fully saturated rings. The molecule has 96 valence electrons. The monoisotopic (exact) mass is 281 g/mol. The Labute approximate surface area is 110 Å². The third kappa shape index (κ3) is 1.82. The SMILES string of the molecule is Fc1cc(-n2c(=S)[nH]c3cccnc32)cc(F)c1F. The largest absolute Gasteiger partial charge is 0.329 e. The Morgan fingerprint density at radius 2 is 1.84 bits per heavy atom. The number of benzene rings is 1. The molecule has 0 aliphatic carbocycles. The Kier molecular flexibility index (Phi) is 2.63. The number of rotatable bonds is 1. The number of hydrogen-bond acceptors (Lipinski definition) is 2. The van der Waals surface area contributed by atoms with Gasteiger partial charge in [-0.05, 0) is 24.4 Å². The maximum Gasteiger partial charge on any atom is 0.194 e. The van der Waals surface area contributed by atoms with Crippen LogP contribution in [0, 0.1) is 22.2 Å². The van der Waals surface area contributed by atoms with Crippen molar-refractivity contribution < 1.29 is 13.2 Å². The van der Waals surface area contributed by atoms with Crippen LogP contribution in [-0.4, -0.2) is 14.5 Å². The fourth-order valence-corrected chi connectivity index (χ4v) is 2.15. The summed E-state index contributed by atoms with van der Waals surface area (Å²) in [4.78, 5) is 6.94. The summed E-state index contributed by atoms with van der Waals surface area (Å²) >= 11 is 5.08. The molecule has 0 atom stereocenters. The summed E-state index contributed by atoms with van der Waals surface area (Å²) in [5.74, 6) is -4.06. The average molecular weight is 281 g/mol. The zero-order chi connectivity index (χ0) is 13.6. The van der Waals surface area contributed by atoms with E-state index < -0.39 is 17.5 Å². The smallest absolute Gasteiger partial charge is 0.194 e. The predicted octanol–water partition coefficient (Wildman–Crippen LogP) is 3.50. The van der Waals surface area contributed by atoms with Crippen LogP contribution in [0.5, 0.6) is 0 Å². The van der Waals surface area contributed by atoms with Crippen molar-refractivity contribution in [3.05, 3.63) is 52.7 Å². The minimum Gasteiger partial charge on any atom is -0.329 e. The molecule has 3 aromatic rings. The third-order valence-corrected chi connectivity index (χ3v) is 2.95. The van der Waals surface area contributed by atoms with Gasteiger partial charge in [0, 0.05) is 18.3 Å². The molecule has 0 saturated heterocycles. The first-order valence-electron chi connectivity index (χ1n) is 5.28. The van der Waals surface area contributed by atoms with E-state index in [1.165, 1.54) is 10.8 Å². The number of nitrogens with zero attached hydrogens (tertiary/aromatic N) is 2. The van der Waals surface area contributed by atoms with Crippen LogP contribution in [0.2, 0.25) is 0 Å². The van der Waals surface area contributed by atoms with Gasteiger partial charge in [-0.1, -0.05) is 0 Å². The lowest BCUT2D eigenvalue weighted by Gasteiger charge is -2.05. The van der Waals surface area contributed by atoms with Gasteiger partial charge in [0.2, 0.25) is 0 Å². The molecule has 0 spiro atoms. The number of pyridine rings is 1. The molecule has 0 amide bonds. The lowest BCUT2D eigenvalue weighted by molar-refractivity contribution is 0.446. The van der Waals surface area contributed by atoms with Crippen LogP contribution >= 0.6 is 12.2 Å². The number of nitrogens with one attached hydrogen (secondary N) is 1. The normalized spacial score (nSPS) is 11.1. The highest BCUT2D eigenvalue weighted by Gasteiger charge is 2.14. The molecule has 2 aromatic heterocycles. The van der Waals surface area contributed by atoms with Gasteiger partial charge in [-0.2, -0.15) is 0 Å². The molecule has 1 N–H and O–H groups in total. The summed E-state index contributed by atoms with van der Waals surface area (Å²) in [6, 6.07) is 5.17. The minimum atomic E-state index is -1.51. The number of hydrogen-bond donors (Lipinski definition) is 1. The van der Waals surface area contributed by atoms with Crippen LogP contribution in [0.4, 0.5) is 13.2 Å². The van der Waals surface area contributed by atoms with Gasteiger partial charge in [-0.25, -0.2) is 18.2 Å². The van der Waals surface area contributed by atoms with Gasteiger partial charge < -0.3 is 4.98 Å². The van der Waals surface area contributed by atoms with E-state index in [0.29, 0.717) is 11.2 Å². The van der Waals surface area contributed by atoms with Crippen molar-refractivity contribution in [3.8, 4) is 5.69 Å². The Bertz CT molecular complexity index is 815. The van der Waals surface area contributed by atoms with E-state index in [0.717, 1.165) is 12.1 Å². The number of imidazole rings is 1. The van der Waals surface area contributed by atoms with E-state index in [4.69, 9.17) is 12.2 Å². The number of aromatic nitrogens is 3. The topological polar surface area (TPSA) is 33.6 Å². The van der Waals surface area contributed by atoms with Crippen LogP contribution in [0.1, 0.15) is 0 Å². The van der Waals surface area contributed by atoms with E-state index in [-0.39, 0.29) is 10.5 Å².